The number of ether oxygens (including phenoxy) is 1. The first-order valence-corrected chi connectivity index (χ1v) is 11.4. The molecule has 1 aliphatic heterocycles. The summed E-state index contributed by atoms with van der Waals surface area (Å²) in [6, 6.07) is 6.06. The average molecular weight is 450 g/mol. The highest BCUT2D eigenvalue weighted by molar-refractivity contribution is 5.97. The molecule has 0 bridgehead atoms. The third-order valence-electron chi connectivity index (χ3n) is 7.47. The summed E-state index contributed by atoms with van der Waals surface area (Å²) < 4.78 is 6.58. The van der Waals surface area contributed by atoms with E-state index in [1.165, 1.54) is 0 Å². The molecule has 3 aliphatic rings. The molecule has 4 N–H and O–H groups in total. The van der Waals surface area contributed by atoms with Gasteiger partial charge in [0, 0.05) is 50.8 Å². The molecular weight excluding hydrogens is 414 g/mol. The summed E-state index contributed by atoms with van der Waals surface area (Å²) in [5.74, 6) is -0.300. The fourth-order valence-corrected chi connectivity index (χ4v) is 5.49. The minimum Gasteiger partial charge on any atom is -0.446 e. The van der Waals surface area contributed by atoms with E-state index in [0.29, 0.717) is 18.4 Å². The maximum absolute atomic E-state index is 13.5. The summed E-state index contributed by atoms with van der Waals surface area (Å²) in [6.07, 6.45) is 14.0. The van der Waals surface area contributed by atoms with Gasteiger partial charge in [-0.3, -0.25) is 0 Å². The van der Waals surface area contributed by atoms with Crippen LogP contribution in [0.3, 0.4) is 0 Å². The van der Waals surface area contributed by atoms with Crippen molar-refractivity contribution < 1.29 is 9.53 Å². The number of cyclic esters (lactones) is 1. The van der Waals surface area contributed by atoms with Gasteiger partial charge in [-0.1, -0.05) is 30.4 Å². The first-order chi connectivity index (χ1) is 15.8. The quantitative estimate of drug-likeness (QED) is 0.475. The first kappa shape index (κ1) is 23.1. The number of hydrogen-bond donors (Lipinski definition) is 4. The molecule has 176 valence electrons. The highest BCUT2D eigenvalue weighted by atomic mass is 16.6. The molecule has 1 aromatic carbocycles. The minimum atomic E-state index is -1.03. The van der Waals surface area contributed by atoms with Crippen LogP contribution in [0.5, 0.6) is 0 Å². The Labute approximate surface area is 196 Å². The maximum atomic E-state index is 13.5. The zero-order valence-corrected chi connectivity index (χ0v) is 20.4. The lowest BCUT2D eigenvalue weighted by Gasteiger charge is -2.56. The zero-order chi connectivity index (χ0) is 23.9. The number of benzene rings is 1. The first-order valence-electron chi connectivity index (χ1n) is 11.4. The van der Waals surface area contributed by atoms with Crippen LogP contribution < -0.4 is 26.2 Å². The molecule has 0 amide bonds. The summed E-state index contributed by atoms with van der Waals surface area (Å²) in [5.41, 5.74) is 2.17. The highest BCUT2D eigenvalue weighted by Gasteiger charge is 2.68. The van der Waals surface area contributed by atoms with Crippen LogP contribution >= 0.6 is 0 Å². The Morgan fingerprint density at radius 2 is 1.42 bits per heavy atom. The maximum Gasteiger partial charge on any atom is 0.339 e. The van der Waals surface area contributed by atoms with Crippen LogP contribution in [0, 0.1) is 0 Å². The predicted molar refractivity (Wildman–Crippen MR) is 133 cm³/mol. The molecule has 4 rings (SSSR count). The predicted octanol–water partition coefficient (Wildman–Crippen LogP) is 2.16. The van der Waals surface area contributed by atoms with Crippen molar-refractivity contribution >= 4 is 11.7 Å². The monoisotopic (exact) mass is 449 g/mol. The number of allylic oxidation sites excluding steroid dienone is 2. The summed E-state index contributed by atoms with van der Waals surface area (Å²) in [5, 5.41) is 13.6. The van der Waals surface area contributed by atoms with E-state index in [1.54, 1.807) is 0 Å². The van der Waals surface area contributed by atoms with Gasteiger partial charge in [0.1, 0.15) is 0 Å². The zero-order valence-electron chi connectivity index (χ0n) is 20.4. The van der Waals surface area contributed by atoms with Crippen molar-refractivity contribution in [3.05, 3.63) is 77.2 Å². The number of nitrogens with zero attached hydrogens (tertiary/aromatic N) is 1. The fraction of sp³-hybridized carbons (Fsp3) is 0.423. The van der Waals surface area contributed by atoms with E-state index in [0.717, 1.165) is 22.6 Å². The second-order valence-corrected chi connectivity index (χ2v) is 9.03. The van der Waals surface area contributed by atoms with Crippen molar-refractivity contribution in [2.24, 2.45) is 0 Å². The standard InChI is InChI=1S/C26H35N5O2/c1-27-18-9-13-24(29-3,14-10-18)26(25(30-4)15-11-19(28-2)12-16-25)22-8-7-20(31(5)6)17-21(22)23(32)33-26/h7-13,15,17,27-30H,14,16H2,1-6H3. The molecule has 2 unspecified atom stereocenters. The number of rotatable bonds is 7. The molecular formula is C26H35N5O2. The minimum absolute atomic E-state index is 0.300. The Morgan fingerprint density at radius 3 is 1.82 bits per heavy atom. The Morgan fingerprint density at radius 1 is 0.879 bits per heavy atom. The second kappa shape index (κ2) is 8.39. The normalized spacial score (nSPS) is 30.3. The van der Waals surface area contributed by atoms with Crippen molar-refractivity contribution in [2.75, 3.05) is 47.2 Å². The van der Waals surface area contributed by atoms with Crippen LogP contribution in [0.1, 0.15) is 28.8 Å². The number of esters is 1. The van der Waals surface area contributed by atoms with Crippen LogP contribution in [-0.2, 0) is 10.3 Å². The Kier molecular flexibility index (Phi) is 5.88. The molecule has 7 heteroatoms. The van der Waals surface area contributed by atoms with E-state index < -0.39 is 16.7 Å². The van der Waals surface area contributed by atoms with E-state index in [9.17, 15) is 4.79 Å². The molecule has 0 saturated carbocycles. The van der Waals surface area contributed by atoms with Gasteiger partial charge in [-0.2, -0.15) is 0 Å². The smallest absolute Gasteiger partial charge is 0.339 e. The van der Waals surface area contributed by atoms with E-state index in [4.69, 9.17) is 4.74 Å². The SMILES string of the molecule is CNC1=CCC(NC)(C2(C3(NC)C=CC(NC)=CC3)OC(=O)c3cc(N(C)C)ccc32)C=C1. The molecule has 2 aliphatic carbocycles. The lowest BCUT2D eigenvalue weighted by molar-refractivity contribution is -0.0958. The Balaban J connectivity index is 2.00. The lowest BCUT2D eigenvalue weighted by atomic mass is 9.59. The van der Waals surface area contributed by atoms with Gasteiger partial charge < -0.3 is 30.9 Å². The lowest BCUT2D eigenvalue weighted by Crippen LogP contribution is -2.73. The molecule has 0 radical (unpaired) electrons. The Hall–Kier alpha value is -3.03. The van der Waals surface area contributed by atoms with Crippen molar-refractivity contribution in [3.63, 3.8) is 0 Å². The van der Waals surface area contributed by atoms with Crippen molar-refractivity contribution in [2.45, 2.75) is 29.5 Å². The van der Waals surface area contributed by atoms with Gasteiger partial charge in [0.2, 0.25) is 0 Å². The van der Waals surface area contributed by atoms with Crippen LogP contribution in [-0.4, -0.2) is 59.3 Å². The number of hydrogen-bond acceptors (Lipinski definition) is 7. The molecule has 33 heavy (non-hydrogen) atoms. The molecule has 7 nitrogen and oxygen atoms in total. The van der Waals surface area contributed by atoms with E-state index in [-0.39, 0.29) is 5.97 Å². The molecule has 1 aromatic rings. The largest absolute Gasteiger partial charge is 0.446 e. The highest BCUT2D eigenvalue weighted by Crippen LogP contribution is 2.56. The van der Waals surface area contributed by atoms with E-state index >= 15 is 0 Å². The molecule has 0 aromatic heterocycles. The van der Waals surface area contributed by atoms with E-state index in [2.05, 4.69) is 69.9 Å². The number of carbonyl (C=O) groups excluding carboxylic acids is 1. The molecule has 2 atom stereocenters. The van der Waals surface area contributed by atoms with Crippen LogP contribution in [0.4, 0.5) is 5.69 Å². The van der Waals surface area contributed by atoms with Gasteiger partial charge in [-0.15, -0.1) is 0 Å². The topological polar surface area (TPSA) is 77.7 Å². The Bertz CT molecular complexity index is 1020. The van der Waals surface area contributed by atoms with Crippen LogP contribution in [0.25, 0.3) is 0 Å². The molecule has 0 fully saturated rings. The average Bonchev–Trinajstić information content (AvgIpc) is 3.17. The van der Waals surface area contributed by atoms with Crippen molar-refractivity contribution in [1.82, 2.24) is 21.3 Å². The number of likely N-dealkylation sites (N-methyl/N-ethyl adjacent to an activating group) is 4. The number of fused-ring (bicyclic) bond motifs is 1. The van der Waals surface area contributed by atoms with Gasteiger partial charge in [0.05, 0.1) is 16.6 Å². The number of carbonyl (C=O) groups is 1. The number of anilines is 1. The third-order valence-corrected chi connectivity index (χ3v) is 7.47. The van der Waals surface area contributed by atoms with Crippen molar-refractivity contribution in [3.8, 4) is 0 Å². The van der Waals surface area contributed by atoms with Gasteiger partial charge in [-0.05, 0) is 51.2 Å². The molecule has 0 spiro atoms. The van der Waals surface area contributed by atoms with Gasteiger partial charge in [0.25, 0.3) is 0 Å². The fourth-order valence-electron chi connectivity index (χ4n) is 5.49. The summed E-state index contributed by atoms with van der Waals surface area (Å²) in [7, 11) is 11.6. The summed E-state index contributed by atoms with van der Waals surface area (Å²) in [4.78, 5) is 15.5. The summed E-state index contributed by atoms with van der Waals surface area (Å²) in [6.45, 7) is 0. The second-order valence-electron chi connectivity index (χ2n) is 9.03. The molecule has 1 heterocycles. The third kappa shape index (κ3) is 3.21. The summed E-state index contributed by atoms with van der Waals surface area (Å²) >= 11 is 0. The van der Waals surface area contributed by atoms with Gasteiger partial charge in [0.15, 0.2) is 5.60 Å². The molecule has 0 saturated heterocycles. The van der Waals surface area contributed by atoms with Crippen LogP contribution in [0.15, 0.2) is 66.0 Å². The van der Waals surface area contributed by atoms with Gasteiger partial charge in [-0.25, -0.2) is 4.79 Å². The van der Waals surface area contributed by atoms with Crippen LogP contribution in [0.2, 0.25) is 0 Å². The van der Waals surface area contributed by atoms with E-state index in [1.807, 2.05) is 53.3 Å². The number of nitrogens with one attached hydrogen (secondary N) is 4. The van der Waals surface area contributed by atoms with Gasteiger partial charge >= 0.3 is 5.97 Å². The van der Waals surface area contributed by atoms with Crippen molar-refractivity contribution in [1.29, 1.82) is 0 Å².